The average Bonchev–Trinajstić information content (AvgIpc) is 3.28. The molecular formula is C21H22N4O4. The van der Waals surface area contributed by atoms with E-state index in [1.165, 1.54) is 6.26 Å². The third-order valence-corrected chi connectivity index (χ3v) is 3.98. The van der Waals surface area contributed by atoms with Crippen LogP contribution in [0.3, 0.4) is 0 Å². The van der Waals surface area contributed by atoms with E-state index in [9.17, 15) is 9.59 Å². The Morgan fingerprint density at radius 2 is 1.83 bits per heavy atom. The van der Waals surface area contributed by atoms with Crippen LogP contribution in [-0.2, 0) is 13.1 Å². The molecule has 2 aromatic heterocycles. The summed E-state index contributed by atoms with van der Waals surface area (Å²) in [7, 11) is 0. The van der Waals surface area contributed by atoms with Gasteiger partial charge in [0.2, 0.25) is 5.88 Å². The molecule has 3 N–H and O–H groups in total. The van der Waals surface area contributed by atoms with Crippen LogP contribution in [0, 0.1) is 0 Å². The van der Waals surface area contributed by atoms with Gasteiger partial charge in [0, 0.05) is 30.5 Å². The monoisotopic (exact) mass is 394 g/mol. The molecule has 0 bridgehead atoms. The lowest BCUT2D eigenvalue weighted by Gasteiger charge is -2.11. The predicted octanol–water partition coefficient (Wildman–Crippen LogP) is 3.33. The van der Waals surface area contributed by atoms with Gasteiger partial charge in [-0.3, -0.25) is 4.79 Å². The Morgan fingerprint density at radius 3 is 2.55 bits per heavy atom. The topological polar surface area (TPSA) is 105 Å². The van der Waals surface area contributed by atoms with Crippen LogP contribution in [0.4, 0.5) is 10.5 Å². The number of hydrogen-bond acceptors (Lipinski definition) is 5. The van der Waals surface area contributed by atoms with Crippen molar-refractivity contribution in [2.24, 2.45) is 0 Å². The fourth-order valence-corrected chi connectivity index (χ4v) is 2.55. The number of amides is 3. The molecule has 0 aliphatic carbocycles. The second kappa shape index (κ2) is 9.93. The molecule has 0 spiro atoms. The number of hydrogen-bond donors (Lipinski definition) is 3. The number of carbonyl (C=O) groups is 2. The first-order valence-corrected chi connectivity index (χ1v) is 9.18. The molecule has 0 fully saturated rings. The second-order valence-electron chi connectivity index (χ2n) is 6.07. The Balaban J connectivity index is 1.45. The van der Waals surface area contributed by atoms with E-state index in [4.69, 9.17) is 9.15 Å². The molecule has 0 radical (unpaired) electrons. The van der Waals surface area contributed by atoms with E-state index in [-0.39, 0.29) is 17.7 Å². The second-order valence-corrected chi connectivity index (χ2v) is 6.07. The van der Waals surface area contributed by atoms with E-state index in [0.717, 1.165) is 11.1 Å². The van der Waals surface area contributed by atoms with Crippen molar-refractivity contribution in [1.82, 2.24) is 15.6 Å². The highest BCUT2D eigenvalue weighted by molar-refractivity contribution is 6.02. The highest BCUT2D eigenvalue weighted by atomic mass is 16.5. The Bertz CT molecular complexity index is 940. The van der Waals surface area contributed by atoms with Crippen molar-refractivity contribution in [2.45, 2.75) is 20.0 Å². The largest absolute Gasteiger partial charge is 0.478 e. The third-order valence-electron chi connectivity index (χ3n) is 3.98. The molecule has 0 saturated carbocycles. The number of urea groups is 1. The van der Waals surface area contributed by atoms with E-state index < -0.39 is 0 Å². The SMILES string of the molecule is CCOc1ncccc1CNC(=O)NCc1ccc(NC(=O)c2ccco2)cc1. The minimum atomic E-state index is -0.318. The van der Waals surface area contributed by atoms with Crippen LogP contribution in [0.15, 0.2) is 65.4 Å². The van der Waals surface area contributed by atoms with Crippen LogP contribution in [0.5, 0.6) is 5.88 Å². The van der Waals surface area contributed by atoms with Gasteiger partial charge in [-0.1, -0.05) is 18.2 Å². The van der Waals surface area contributed by atoms with Crippen molar-refractivity contribution >= 4 is 17.6 Å². The fourth-order valence-electron chi connectivity index (χ4n) is 2.55. The summed E-state index contributed by atoms with van der Waals surface area (Å²) in [5.41, 5.74) is 2.34. The molecule has 0 saturated heterocycles. The fraction of sp³-hybridized carbons (Fsp3) is 0.190. The van der Waals surface area contributed by atoms with Crippen LogP contribution >= 0.6 is 0 Å². The van der Waals surface area contributed by atoms with Crippen molar-refractivity contribution < 1.29 is 18.7 Å². The van der Waals surface area contributed by atoms with Gasteiger partial charge in [0.05, 0.1) is 12.9 Å². The number of aromatic nitrogens is 1. The molecular weight excluding hydrogens is 372 g/mol. The molecule has 29 heavy (non-hydrogen) atoms. The molecule has 8 nitrogen and oxygen atoms in total. The summed E-state index contributed by atoms with van der Waals surface area (Å²) in [6, 6.07) is 13.8. The minimum absolute atomic E-state index is 0.244. The Hall–Kier alpha value is -3.81. The van der Waals surface area contributed by atoms with Crippen LogP contribution in [0.25, 0.3) is 0 Å². The summed E-state index contributed by atoms with van der Waals surface area (Å²) < 4.78 is 10.5. The number of ether oxygens (including phenoxy) is 1. The first-order chi connectivity index (χ1) is 14.2. The zero-order valence-corrected chi connectivity index (χ0v) is 16.0. The smallest absolute Gasteiger partial charge is 0.315 e. The zero-order chi connectivity index (χ0) is 20.5. The number of anilines is 1. The summed E-state index contributed by atoms with van der Waals surface area (Å²) in [6.07, 6.45) is 3.09. The van der Waals surface area contributed by atoms with Crippen LogP contribution in [-0.4, -0.2) is 23.5 Å². The predicted molar refractivity (Wildman–Crippen MR) is 108 cm³/mol. The number of rotatable bonds is 8. The highest BCUT2D eigenvalue weighted by Crippen LogP contribution is 2.14. The molecule has 150 valence electrons. The first-order valence-electron chi connectivity index (χ1n) is 9.18. The molecule has 8 heteroatoms. The van der Waals surface area contributed by atoms with Gasteiger partial charge in [-0.15, -0.1) is 0 Å². The Kier molecular flexibility index (Phi) is 6.83. The lowest BCUT2D eigenvalue weighted by Crippen LogP contribution is -2.34. The maximum absolute atomic E-state index is 12.1. The van der Waals surface area contributed by atoms with E-state index in [0.29, 0.717) is 31.3 Å². The van der Waals surface area contributed by atoms with Crippen molar-refractivity contribution in [3.63, 3.8) is 0 Å². The van der Waals surface area contributed by atoms with Crippen molar-refractivity contribution in [3.05, 3.63) is 77.9 Å². The average molecular weight is 394 g/mol. The van der Waals surface area contributed by atoms with E-state index in [2.05, 4.69) is 20.9 Å². The molecule has 3 rings (SSSR count). The van der Waals surface area contributed by atoms with Crippen LogP contribution in [0.2, 0.25) is 0 Å². The number of pyridine rings is 1. The molecule has 3 aromatic rings. The summed E-state index contributed by atoms with van der Waals surface area (Å²) in [6.45, 7) is 3.05. The summed E-state index contributed by atoms with van der Waals surface area (Å²) >= 11 is 0. The molecule has 2 heterocycles. The third kappa shape index (κ3) is 5.83. The van der Waals surface area contributed by atoms with Gasteiger partial charge in [-0.2, -0.15) is 0 Å². The zero-order valence-electron chi connectivity index (χ0n) is 16.0. The summed E-state index contributed by atoms with van der Waals surface area (Å²) in [5, 5.41) is 8.31. The number of furan rings is 1. The van der Waals surface area contributed by atoms with E-state index >= 15 is 0 Å². The van der Waals surface area contributed by atoms with Gasteiger partial charge in [-0.25, -0.2) is 9.78 Å². The molecule has 0 unspecified atom stereocenters. The number of nitrogens with zero attached hydrogens (tertiary/aromatic N) is 1. The van der Waals surface area contributed by atoms with Crippen LogP contribution < -0.4 is 20.7 Å². The van der Waals surface area contributed by atoms with Gasteiger partial charge in [0.1, 0.15) is 0 Å². The molecule has 0 aliphatic rings. The number of benzene rings is 1. The first kappa shape index (κ1) is 19.9. The van der Waals surface area contributed by atoms with Crippen molar-refractivity contribution in [1.29, 1.82) is 0 Å². The number of nitrogens with one attached hydrogen (secondary N) is 3. The molecule has 1 aromatic carbocycles. The standard InChI is InChI=1S/C21H22N4O4/c1-2-28-20-16(5-3-11-22-20)14-24-21(27)23-13-15-7-9-17(10-8-15)25-19(26)18-6-4-12-29-18/h3-12H,2,13-14H2,1H3,(H,25,26)(H2,23,24,27). The van der Waals surface area contributed by atoms with Crippen molar-refractivity contribution in [2.75, 3.05) is 11.9 Å². The quantitative estimate of drug-likeness (QED) is 0.543. The Labute approximate surface area is 168 Å². The maximum Gasteiger partial charge on any atom is 0.315 e. The van der Waals surface area contributed by atoms with Gasteiger partial charge in [-0.05, 0) is 42.8 Å². The lowest BCUT2D eigenvalue weighted by atomic mass is 10.2. The maximum atomic E-state index is 12.1. The molecule has 0 atom stereocenters. The van der Waals surface area contributed by atoms with Gasteiger partial charge in [0.25, 0.3) is 5.91 Å². The van der Waals surface area contributed by atoms with Crippen LogP contribution in [0.1, 0.15) is 28.6 Å². The van der Waals surface area contributed by atoms with Gasteiger partial charge >= 0.3 is 6.03 Å². The normalized spacial score (nSPS) is 10.2. The highest BCUT2D eigenvalue weighted by Gasteiger charge is 2.09. The summed E-state index contributed by atoms with van der Waals surface area (Å²) in [5.74, 6) is 0.443. The lowest BCUT2D eigenvalue weighted by molar-refractivity contribution is 0.0996. The van der Waals surface area contributed by atoms with Crippen molar-refractivity contribution in [3.8, 4) is 5.88 Å². The van der Waals surface area contributed by atoms with E-state index in [1.54, 1.807) is 36.5 Å². The van der Waals surface area contributed by atoms with Gasteiger partial charge in [0.15, 0.2) is 5.76 Å². The van der Waals surface area contributed by atoms with Gasteiger partial charge < -0.3 is 25.1 Å². The summed E-state index contributed by atoms with van der Waals surface area (Å²) in [4.78, 5) is 28.2. The van der Waals surface area contributed by atoms with E-state index in [1.807, 2.05) is 25.1 Å². The Morgan fingerprint density at radius 1 is 1.03 bits per heavy atom. The minimum Gasteiger partial charge on any atom is -0.478 e. The molecule has 3 amide bonds. The molecule has 0 aliphatic heterocycles. The number of carbonyl (C=O) groups excluding carboxylic acids is 2.